The maximum atomic E-state index is 12.1. The monoisotopic (exact) mass is 221 g/mol. The molecule has 1 radical (unpaired) electrons. The predicted octanol–water partition coefficient (Wildman–Crippen LogP) is 1.53. The summed E-state index contributed by atoms with van der Waals surface area (Å²) in [6, 6.07) is 4.94. The molecule has 6 heteroatoms. The van der Waals surface area contributed by atoms with Crippen LogP contribution in [0, 0.1) is 6.07 Å². The topological polar surface area (TPSA) is 34.1 Å². The second-order valence-electron chi connectivity index (χ2n) is 2.41. The summed E-state index contributed by atoms with van der Waals surface area (Å²) in [5, 5.41) is 0.662. The first kappa shape index (κ1) is 10.8. The van der Waals surface area contributed by atoms with Crippen LogP contribution in [-0.2, 0) is 16.5 Å². The minimum absolute atomic E-state index is 0.117. The molecule has 1 aromatic carbocycles. The molecule has 2 nitrogen and oxygen atoms in total. The maximum Gasteiger partial charge on any atom is 0.416 e. The van der Waals surface area contributed by atoms with Gasteiger partial charge in [-0.15, -0.1) is 0 Å². The highest BCUT2D eigenvalue weighted by Crippen LogP contribution is 2.29. The van der Waals surface area contributed by atoms with Crippen molar-refractivity contribution < 1.29 is 21.6 Å². The van der Waals surface area contributed by atoms with Crippen LogP contribution < -0.4 is 0 Å². The van der Waals surface area contributed by atoms with Crippen LogP contribution in [0.15, 0.2) is 18.2 Å². The van der Waals surface area contributed by atoms with Crippen LogP contribution >= 0.6 is 0 Å². The first-order valence-corrected chi connectivity index (χ1v) is 4.55. The first-order valence-electron chi connectivity index (χ1n) is 3.41. The molecule has 0 bridgehead atoms. The number of hydrogen-bond acceptors (Lipinski definition) is 2. The summed E-state index contributed by atoms with van der Waals surface area (Å²) in [4.78, 5) is 0. The molecule has 0 fully saturated rings. The predicted molar refractivity (Wildman–Crippen MR) is 44.4 cm³/mol. The number of rotatable bonds is 1. The molecule has 1 rings (SSSR count). The zero-order valence-corrected chi connectivity index (χ0v) is 7.48. The van der Waals surface area contributed by atoms with Gasteiger partial charge in [0.1, 0.15) is 0 Å². The lowest BCUT2D eigenvalue weighted by atomic mass is 10.1. The molecule has 0 atom stereocenters. The standard InChI is InChI=1S/C8H4F3O2S/c9-8(10,11)7-3-1-2-6(4-7)5-14(12)13/h1,3-5H. The maximum absolute atomic E-state index is 12.1. The van der Waals surface area contributed by atoms with Gasteiger partial charge in [0.05, 0.1) is 10.9 Å². The molecular weight excluding hydrogens is 217 g/mol. The average Bonchev–Trinajstić information content (AvgIpc) is 2.01. The molecule has 14 heavy (non-hydrogen) atoms. The molecule has 0 heterocycles. The summed E-state index contributed by atoms with van der Waals surface area (Å²) in [7, 11) is -2.53. The first-order chi connectivity index (χ1) is 6.39. The lowest BCUT2D eigenvalue weighted by Gasteiger charge is -2.05. The Morgan fingerprint density at radius 2 is 2.00 bits per heavy atom. The Labute approximate surface area is 79.5 Å². The van der Waals surface area contributed by atoms with Gasteiger partial charge in [-0.05, 0) is 23.8 Å². The van der Waals surface area contributed by atoms with Gasteiger partial charge in [0.2, 0.25) is 10.3 Å². The fourth-order valence-corrected chi connectivity index (χ4v) is 1.18. The van der Waals surface area contributed by atoms with E-state index in [2.05, 4.69) is 6.07 Å². The SMILES string of the molecule is O=S(=O)=Cc1[c]ccc(C(F)(F)F)c1. The fourth-order valence-electron chi connectivity index (χ4n) is 0.833. The fraction of sp³-hybridized carbons (Fsp3) is 0.125. The van der Waals surface area contributed by atoms with Crippen molar-refractivity contribution in [2.45, 2.75) is 6.18 Å². The summed E-state index contributed by atoms with van der Waals surface area (Å²) >= 11 is 0. The Bertz CT molecular complexity index is 452. The van der Waals surface area contributed by atoms with Gasteiger partial charge in [0.15, 0.2) is 0 Å². The molecule has 0 N–H and O–H groups in total. The molecule has 0 amide bonds. The molecule has 0 aliphatic heterocycles. The molecule has 0 spiro atoms. The minimum Gasteiger partial charge on any atom is -0.185 e. The molecular formula is C8H4F3O2S. The van der Waals surface area contributed by atoms with Crippen molar-refractivity contribution in [3.63, 3.8) is 0 Å². The highest BCUT2D eigenvalue weighted by molar-refractivity contribution is 7.71. The second-order valence-corrected chi connectivity index (χ2v) is 3.17. The highest BCUT2D eigenvalue weighted by Gasteiger charge is 2.30. The summed E-state index contributed by atoms with van der Waals surface area (Å²) in [6.07, 6.45) is -4.47. The third kappa shape index (κ3) is 2.88. The largest absolute Gasteiger partial charge is 0.416 e. The average molecular weight is 221 g/mol. The molecule has 0 unspecified atom stereocenters. The van der Waals surface area contributed by atoms with E-state index in [-0.39, 0.29) is 5.56 Å². The lowest BCUT2D eigenvalue weighted by Crippen LogP contribution is -2.05. The van der Waals surface area contributed by atoms with Crippen LogP contribution in [0.25, 0.3) is 0 Å². The number of halogens is 3. The van der Waals surface area contributed by atoms with Gasteiger partial charge in [-0.1, -0.05) is 6.07 Å². The summed E-state index contributed by atoms with van der Waals surface area (Å²) in [5.74, 6) is 0. The molecule has 0 aliphatic carbocycles. The third-order valence-corrected chi connectivity index (χ3v) is 1.82. The van der Waals surface area contributed by atoms with E-state index in [1.807, 2.05) is 0 Å². The Morgan fingerprint density at radius 1 is 1.36 bits per heavy atom. The number of alkyl halides is 3. The Balaban J connectivity index is 3.21. The smallest absolute Gasteiger partial charge is 0.185 e. The van der Waals surface area contributed by atoms with Gasteiger partial charge in [-0.2, -0.15) is 21.6 Å². The van der Waals surface area contributed by atoms with Gasteiger partial charge in [-0.25, -0.2) is 0 Å². The van der Waals surface area contributed by atoms with Gasteiger partial charge in [-0.3, -0.25) is 0 Å². The highest BCUT2D eigenvalue weighted by atomic mass is 32.2. The molecule has 1 aromatic rings. The van der Waals surface area contributed by atoms with E-state index in [1.165, 1.54) is 0 Å². The van der Waals surface area contributed by atoms with Gasteiger partial charge in [0, 0.05) is 0 Å². The third-order valence-electron chi connectivity index (χ3n) is 1.37. The van der Waals surface area contributed by atoms with Crippen LogP contribution in [0.1, 0.15) is 11.1 Å². The summed E-state index contributed by atoms with van der Waals surface area (Å²) in [6.45, 7) is 0. The van der Waals surface area contributed by atoms with Crippen LogP contribution in [-0.4, -0.2) is 13.8 Å². The molecule has 0 saturated carbocycles. The van der Waals surface area contributed by atoms with Gasteiger partial charge >= 0.3 is 6.18 Å². The van der Waals surface area contributed by atoms with E-state index >= 15 is 0 Å². The normalized spacial score (nSPS) is 11.1. The van der Waals surface area contributed by atoms with Gasteiger partial charge in [0.25, 0.3) is 0 Å². The molecule has 0 saturated heterocycles. The van der Waals surface area contributed by atoms with Crippen molar-refractivity contribution in [1.29, 1.82) is 0 Å². The van der Waals surface area contributed by atoms with Crippen LogP contribution in [0.5, 0.6) is 0 Å². The van der Waals surface area contributed by atoms with E-state index < -0.39 is 22.0 Å². The Hall–Kier alpha value is -1.30. The van der Waals surface area contributed by atoms with Crippen LogP contribution in [0.4, 0.5) is 13.2 Å². The van der Waals surface area contributed by atoms with E-state index in [0.29, 0.717) is 5.37 Å². The van der Waals surface area contributed by atoms with Crippen molar-refractivity contribution in [3.05, 3.63) is 35.4 Å². The van der Waals surface area contributed by atoms with E-state index in [0.717, 1.165) is 18.2 Å². The van der Waals surface area contributed by atoms with Crippen molar-refractivity contribution in [2.75, 3.05) is 0 Å². The van der Waals surface area contributed by atoms with E-state index in [1.54, 1.807) is 0 Å². The quantitative estimate of drug-likeness (QED) is 0.674. The molecule has 0 aliphatic rings. The Morgan fingerprint density at radius 3 is 2.50 bits per heavy atom. The lowest BCUT2D eigenvalue weighted by molar-refractivity contribution is -0.137. The summed E-state index contributed by atoms with van der Waals surface area (Å²) < 4.78 is 56.7. The van der Waals surface area contributed by atoms with Gasteiger partial charge < -0.3 is 0 Å². The van der Waals surface area contributed by atoms with E-state index in [4.69, 9.17) is 0 Å². The zero-order chi connectivity index (χ0) is 10.8. The summed E-state index contributed by atoms with van der Waals surface area (Å²) in [5.41, 5.74) is -1.01. The van der Waals surface area contributed by atoms with Crippen LogP contribution in [0.3, 0.4) is 0 Å². The number of benzene rings is 1. The zero-order valence-electron chi connectivity index (χ0n) is 6.67. The van der Waals surface area contributed by atoms with Crippen molar-refractivity contribution in [3.8, 4) is 0 Å². The van der Waals surface area contributed by atoms with Crippen molar-refractivity contribution >= 4 is 15.7 Å². The molecule has 0 aromatic heterocycles. The minimum atomic E-state index is -4.47. The molecule has 75 valence electrons. The van der Waals surface area contributed by atoms with E-state index in [9.17, 15) is 21.6 Å². The van der Waals surface area contributed by atoms with Crippen LogP contribution in [0.2, 0.25) is 0 Å². The Kier molecular flexibility index (Phi) is 2.95. The second kappa shape index (κ2) is 3.83. The number of hydrogen-bond donors (Lipinski definition) is 0. The van der Waals surface area contributed by atoms with Crippen molar-refractivity contribution in [1.82, 2.24) is 0 Å². The van der Waals surface area contributed by atoms with Crippen molar-refractivity contribution in [2.24, 2.45) is 0 Å².